The maximum absolute atomic E-state index is 12.3. The second-order valence-electron chi connectivity index (χ2n) is 5.78. The van der Waals surface area contributed by atoms with Crippen LogP contribution in [0.2, 0.25) is 0 Å². The molecular weight excluding hydrogens is 396 g/mol. The van der Waals surface area contributed by atoms with Crippen molar-refractivity contribution in [3.63, 3.8) is 0 Å². The van der Waals surface area contributed by atoms with Gasteiger partial charge in [0.05, 0.1) is 16.3 Å². The van der Waals surface area contributed by atoms with E-state index in [1.54, 1.807) is 41.3 Å². The van der Waals surface area contributed by atoms with Crippen molar-refractivity contribution in [3.05, 3.63) is 64.4 Å². The number of thioether (sulfide) groups is 1. The number of aromatic nitrogens is 3. The van der Waals surface area contributed by atoms with Gasteiger partial charge in [0.25, 0.3) is 5.91 Å². The van der Waals surface area contributed by atoms with Crippen molar-refractivity contribution >= 4 is 40.9 Å². The molecule has 1 atom stereocenters. The van der Waals surface area contributed by atoms with Gasteiger partial charge in [-0.15, -0.1) is 23.1 Å². The monoisotopic (exact) mass is 414 g/mol. The first-order chi connectivity index (χ1) is 13.5. The van der Waals surface area contributed by atoms with Gasteiger partial charge in [0.1, 0.15) is 0 Å². The molecule has 0 radical (unpaired) electrons. The highest BCUT2D eigenvalue weighted by atomic mass is 32.2. The van der Waals surface area contributed by atoms with Crippen LogP contribution in [0.1, 0.15) is 28.0 Å². The minimum atomic E-state index is -0.974. The largest absolute Gasteiger partial charge is 0.449 e. The van der Waals surface area contributed by atoms with Crippen LogP contribution < -0.4 is 5.32 Å². The fourth-order valence-corrected chi connectivity index (χ4v) is 3.69. The molecule has 1 unspecified atom stereocenters. The lowest BCUT2D eigenvalue weighted by molar-refractivity contribution is -0.123. The molecule has 2 aromatic heterocycles. The van der Waals surface area contributed by atoms with Crippen molar-refractivity contribution in [2.45, 2.75) is 30.6 Å². The number of anilines is 1. The molecule has 144 valence electrons. The summed E-state index contributed by atoms with van der Waals surface area (Å²) in [5.74, 6) is -0.131. The number of ether oxygens (including phenoxy) is 1. The molecule has 0 bridgehead atoms. The first-order valence-electron chi connectivity index (χ1n) is 8.44. The van der Waals surface area contributed by atoms with Gasteiger partial charge in [-0.1, -0.05) is 0 Å². The molecule has 1 aromatic carbocycles. The van der Waals surface area contributed by atoms with Crippen molar-refractivity contribution in [1.29, 1.82) is 0 Å². The lowest BCUT2D eigenvalue weighted by Gasteiger charge is -2.12. The maximum atomic E-state index is 12.3. The van der Waals surface area contributed by atoms with E-state index in [4.69, 9.17) is 4.74 Å². The number of esters is 1. The quantitative estimate of drug-likeness (QED) is 0.465. The molecule has 1 amide bonds. The Labute approximate surface area is 170 Å². The maximum Gasteiger partial charge on any atom is 0.338 e. The molecule has 0 saturated heterocycles. The predicted octanol–water partition coefficient (Wildman–Crippen LogP) is 3.72. The molecule has 0 spiro atoms. The number of carbonyl (C=O) groups is 2. The van der Waals surface area contributed by atoms with Crippen LogP contribution in [-0.2, 0) is 15.3 Å². The first kappa shape index (κ1) is 20.0. The number of amides is 1. The molecular formula is C19H18N4O3S2. The summed E-state index contributed by atoms with van der Waals surface area (Å²) in [6.45, 7) is 3.48. The second-order valence-corrected chi connectivity index (χ2v) is 7.89. The number of benzene rings is 1. The molecule has 7 nitrogen and oxygen atoms in total. The van der Waals surface area contributed by atoms with Gasteiger partial charge < -0.3 is 4.74 Å². The molecule has 3 aromatic rings. The Balaban J connectivity index is 1.51. The van der Waals surface area contributed by atoms with E-state index in [1.807, 2.05) is 24.4 Å². The smallest absolute Gasteiger partial charge is 0.338 e. The van der Waals surface area contributed by atoms with Crippen molar-refractivity contribution < 1.29 is 14.3 Å². The third-order valence-corrected chi connectivity index (χ3v) is 5.47. The van der Waals surface area contributed by atoms with E-state index in [0.29, 0.717) is 5.56 Å². The molecule has 9 heteroatoms. The Morgan fingerprint density at radius 3 is 2.57 bits per heavy atom. The van der Waals surface area contributed by atoms with Crippen molar-refractivity contribution in [1.82, 2.24) is 15.0 Å². The molecule has 0 aliphatic rings. The Kier molecular flexibility index (Phi) is 6.72. The average Bonchev–Trinajstić information content (AvgIpc) is 3.12. The standard InChI is InChI=1S/C19H18N4O3S2/c1-12(17(24)23-19-20-8-3-9-21-19)26-18(25)14-4-6-16(7-5-14)28-11-15-10-27-13(2)22-15/h3-10,12H,11H2,1-2H3,(H,20,21,23,24). The fourth-order valence-electron chi connectivity index (χ4n) is 2.18. The van der Waals surface area contributed by atoms with E-state index < -0.39 is 18.0 Å². The van der Waals surface area contributed by atoms with E-state index in [2.05, 4.69) is 20.3 Å². The fraction of sp³-hybridized carbons (Fsp3) is 0.211. The molecule has 0 fully saturated rings. The molecule has 0 aliphatic carbocycles. The minimum Gasteiger partial charge on any atom is -0.449 e. The average molecular weight is 415 g/mol. The second kappa shape index (κ2) is 9.43. The van der Waals surface area contributed by atoms with Crippen LogP contribution in [0.5, 0.6) is 0 Å². The third kappa shape index (κ3) is 5.61. The van der Waals surface area contributed by atoms with Crippen LogP contribution in [0.15, 0.2) is 53.0 Å². The molecule has 0 aliphatic heterocycles. The number of hydrogen-bond donors (Lipinski definition) is 1. The summed E-state index contributed by atoms with van der Waals surface area (Å²) in [4.78, 5) is 37.6. The summed E-state index contributed by atoms with van der Waals surface area (Å²) in [5.41, 5.74) is 1.42. The molecule has 3 rings (SSSR count). The predicted molar refractivity (Wildman–Crippen MR) is 108 cm³/mol. The van der Waals surface area contributed by atoms with E-state index in [0.717, 1.165) is 21.3 Å². The van der Waals surface area contributed by atoms with E-state index in [-0.39, 0.29) is 5.95 Å². The first-order valence-corrected chi connectivity index (χ1v) is 10.3. The Hall–Kier alpha value is -2.78. The normalized spacial score (nSPS) is 11.6. The zero-order valence-corrected chi connectivity index (χ0v) is 16.9. The van der Waals surface area contributed by atoms with E-state index >= 15 is 0 Å². The lowest BCUT2D eigenvalue weighted by Crippen LogP contribution is -2.30. The Morgan fingerprint density at radius 1 is 1.21 bits per heavy atom. The number of aryl methyl sites for hydroxylation is 1. The topological polar surface area (TPSA) is 94.1 Å². The van der Waals surface area contributed by atoms with Gasteiger partial charge in [-0.2, -0.15) is 0 Å². The van der Waals surface area contributed by atoms with Crippen LogP contribution in [0.4, 0.5) is 5.95 Å². The van der Waals surface area contributed by atoms with Gasteiger partial charge >= 0.3 is 5.97 Å². The highest BCUT2D eigenvalue weighted by molar-refractivity contribution is 7.98. The third-order valence-electron chi connectivity index (χ3n) is 3.60. The van der Waals surface area contributed by atoms with Crippen LogP contribution in [-0.4, -0.2) is 32.9 Å². The number of nitrogens with one attached hydrogen (secondary N) is 1. The summed E-state index contributed by atoms with van der Waals surface area (Å²) >= 11 is 3.27. The Bertz CT molecular complexity index is 945. The molecule has 28 heavy (non-hydrogen) atoms. The van der Waals surface area contributed by atoms with Gasteiger partial charge in [-0.25, -0.2) is 19.7 Å². The summed E-state index contributed by atoms with van der Waals surface area (Å²) in [6, 6.07) is 8.70. The summed E-state index contributed by atoms with van der Waals surface area (Å²) in [5, 5.41) is 5.58. The number of nitrogens with zero attached hydrogens (tertiary/aromatic N) is 3. The number of thiazole rings is 1. The summed E-state index contributed by atoms with van der Waals surface area (Å²) < 4.78 is 5.22. The van der Waals surface area contributed by atoms with Crippen LogP contribution in [0.3, 0.4) is 0 Å². The zero-order chi connectivity index (χ0) is 19.9. The highest BCUT2D eigenvalue weighted by Gasteiger charge is 2.19. The van der Waals surface area contributed by atoms with Crippen molar-refractivity contribution in [2.75, 3.05) is 5.32 Å². The lowest BCUT2D eigenvalue weighted by atomic mass is 10.2. The number of rotatable bonds is 7. The van der Waals surface area contributed by atoms with Gasteiger partial charge in [0.15, 0.2) is 6.10 Å². The van der Waals surface area contributed by atoms with E-state index in [9.17, 15) is 9.59 Å². The van der Waals surface area contributed by atoms with Gasteiger partial charge in [-0.3, -0.25) is 10.1 Å². The molecule has 1 N–H and O–H groups in total. The van der Waals surface area contributed by atoms with Gasteiger partial charge in [0.2, 0.25) is 5.95 Å². The van der Waals surface area contributed by atoms with Crippen molar-refractivity contribution in [3.8, 4) is 0 Å². The number of carbonyl (C=O) groups excluding carboxylic acids is 2. The molecule has 0 saturated carbocycles. The van der Waals surface area contributed by atoms with Crippen molar-refractivity contribution in [2.24, 2.45) is 0 Å². The molecule has 2 heterocycles. The summed E-state index contributed by atoms with van der Waals surface area (Å²) in [7, 11) is 0. The zero-order valence-electron chi connectivity index (χ0n) is 15.3. The number of hydrogen-bond acceptors (Lipinski definition) is 8. The minimum absolute atomic E-state index is 0.159. The SMILES string of the molecule is Cc1nc(CSc2ccc(C(=O)OC(C)C(=O)Nc3ncccn3)cc2)cs1. The van der Waals surface area contributed by atoms with Crippen LogP contribution >= 0.6 is 23.1 Å². The van der Waals surface area contributed by atoms with Crippen LogP contribution in [0, 0.1) is 6.92 Å². The van der Waals surface area contributed by atoms with Gasteiger partial charge in [0, 0.05) is 28.4 Å². The Morgan fingerprint density at radius 2 is 1.93 bits per heavy atom. The van der Waals surface area contributed by atoms with Crippen LogP contribution in [0.25, 0.3) is 0 Å². The highest BCUT2D eigenvalue weighted by Crippen LogP contribution is 2.24. The van der Waals surface area contributed by atoms with Gasteiger partial charge in [-0.05, 0) is 44.2 Å². The summed E-state index contributed by atoms with van der Waals surface area (Å²) in [6.07, 6.45) is 2.04. The van der Waals surface area contributed by atoms with E-state index in [1.165, 1.54) is 19.3 Å².